The van der Waals surface area contributed by atoms with Gasteiger partial charge in [0.05, 0.1) is 10.7 Å². The molecule has 0 spiro atoms. The van der Waals surface area contributed by atoms with Gasteiger partial charge in [-0.15, -0.1) is 10.2 Å². The molecule has 132 valence electrons. The Hall–Kier alpha value is -2.42. The monoisotopic (exact) mass is 362 g/mol. The normalized spacial score (nSPS) is 15.0. The highest BCUT2D eigenvalue weighted by molar-refractivity contribution is 7.99. The lowest BCUT2D eigenvalue weighted by molar-refractivity contribution is -0.384. The third-order valence-corrected chi connectivity index (χ3v) is 4.81. The van der Waals surface area contributed by atoms with Gasteiger partial charge in [0, 0.05) is 30.8 Å². The fourth-order valence-corrected chi connectivity index (χ4v) is 3.31. The van der Waals surface area contributed by atoms with E-state index in [-0.39, 0.29) is 23.2 Å². The molecular formula is C16H18N4O4S. The van der Waals surface area contributed by atoms with Gasteiger partial charge in [0.1, 0.15) is 0 Å². The minimum absolute atomic E-state index is 0.000843. The van der Waals surface area contributed by atoms with Crippen molar-refractivity contribution in [2.75, 3.05) is 18.8 Å². The maximum Gasteiger partial charge on any atom is 0.277 e. The molecule has 0 atom stereocenters. The molecule has 25 heavy (non-hydrogen) atoms. The average molecular weight is 362 g/mol. The van der Waals surface area contributed by atoms with Crippen LogP contribution in [0.1, 0.15) is 25.7 Å². The van der Waals surface area contributed by atoms with E-state index in [1.165, 1.54) is 36.7 Å². The van der Waals surface area contributed by atoms with Crippen molar-refractivity contribution in [3.8, 4) is 11.5 Å². The van der Waals surface area contributed by atoms with Gasteiger partial charge in [-0.3, -0.25) is 14.9 Å². The number of nitro groups is 1. The predicted octanol–water partition coefficient (Wildman–Crippen LogP) is 3.14. The predicted molar refractivity (Wildman–Crippen MR) is 92.2 cm³/mol. The maximum atomic E-state index is 12.3. The lowest BCUT2D eigenvalue weighted by Gasteiger charge is -2.19. The Morgan fingerprint density at radius 2 is 1.84 bits per heavy atom. The van der Waals surface area contributed by atoms with E-state index in [0.717, 1.165) is 25.9 Å². The van der Waals surface area contributed by atoms with Crippen molar-refractivity contribution in [2.24, 2.45) is 0 Å². The van der Waals surface area contributed by atoms with Crippen molar-refractivity contribution in [1.82, 2.24) is 15.1 Å². The number of hydrogen-bond acceptors (Lipinski definition) is 7. The number of amides is 1. The Kier molecular flexibility index (Phi) is 5.64. The Balaban J connectivity index is 1.57. The summed E-state index contributed by atoms with van der Waals surface area (Å²) >= 11 is 1.21. The van der Waals surface area contributed by atoms with Gasteiger partial charge in [0.25, 0.3) is 10.9 Å². The van der Waals surface area contributed by atoms with Crippen LogP contribution in [0, 0.1) is 10.1 Å². The number of carbonyl (C=O) groups is 1. The van der Waals surface area contributed by atoms with Gasteiger partial charge in [-0.05, 0) is 25.0 Å². The molecule has 1 saturated heterocycles. The molecule has 1 fully saturated rings. The highest BCUT2D eigenvalue weighted by atomic mass is 32.2. The van der Waals surface area contributed by atoms with E-state index in [0.29, 0.717) is 10.8 Å². The molecule has 2 aromatic rings. The molecule has 0 aliphatic carbocycles. The number of aromatic nitrogens is 2. The second-order valence-corrected chi connectivity index (χ2v) is 6.69. The van der Waals surface area contributed by atoms with E-state index >= 15 is 0 Å². The van der Waals surface area contributed by atoms with Crippen molar-refractivity contribution >= 4 is 23.4 Å². The van der Waals surface area contributed by atoms with Crippen molar-refractivity contribution < 1.29 is 14.1 Å². The highest BCUT2D eigenvalue weighted by Crippen LogP contribution is 2.25. The van der Waals surface area contributed by atoms with Crippen LogP contribution in [0.2, 0.25) is 0 Å². The molecule has 9 heteroatoms. The molecule has 1 aromatic heterocycles. The van der Waals surface area contributed by atoms with Gasteiger partial charge < -0.3 is 9.32 Å². The number of benzene rings is 1. The molecule has 8 nitrogen and oxygen atoms in total. The summed E-state index contributed by atoms with van der Waals surface area (Å²) in [5, 5.41) is 18.8. The number of nitro benzene ring substituents is 1. The average Bonchev–Trinajstić information content (AvgIpc) is 2.93. The van der Waals surface area contributed by atoms with E-state index in [1.807, 2.05) is 4.90 Å². The summed E-state index contributed by atoms with van der Waals surface area (Å²) in [5.74, 6) is 0.628. The minimum Gasteiger partial charge on any atom is -0.411 e. The van der Waals surface area contributed by atoms with E-state index in [2.05, 4.69) is 10.2 Å². The molecule has 2 heterocycles. The highest BCUT2D eigenvalue weighted by Gasteiger charge is 2.17. The largest absolute Gasteiger partial charge is 0.411 e. The number of nitrogens with zero attached hydrogens (tertiary/aromatic N) is 4. The number of carbonyl (C=O) groups excluding carboxylic acids is 1. The third-order valence-electron chi connectivity index (χ3n) is 4.01. The molecule has 1 aromatic carbocycles. The van der Waals surface area contributed by atoms with Crippen LogP contribution in [0.5, 0.6) is 0 Å². The Bertz CT molecular complexity index is 739. The van der Waals surface area contributed by atoms with Crippen LogP contribution in [0.25, 0.3) is 11.5 Å². The molecule has 1 aliphatic rings. The van der Waals surface area contributed by atoms with Crippen LogP contribution >= 0.6 is 11.8 Å². The summed E-state index contributed by atoms with van der Waals surface area (Å²) < 4.78 is 5.53. The van der Waals surface area contributed by atoms with Gasteiger partial charge in [0.2, 0.25) is 11.8 Å². The second-order valence-electron chi connectivity index (χ2n) is 5.76. The molecule has 1 amide bonds. The first-order valence-electron chi connectivity index (χ1n) is 8.12. The fourth-order valence-electron chi connectivity index (χ4n) is 2.65. The summed E-state index contributed by atoms with van der Waals surface area (Å²) in [6, 6.07) is 5.88. The molecular weight excluding hydrogens is 344 g/mol. The summed E-state index contributed by atoms with van der Waals surface area (Å²) in [6.07, 6.45) is 4.47. The lowest BCUT2D eigenvalue weighted by atomic mass is 10.2. The zero-order valence-electron chi connectivity index (χ0n) is 13.6. The van der Waals surface area contributed by atoms with Crippen LogP contribution in [-0.2, 0) is 4.79 Å². The molecule has 1 aliphatic heterocycles. The molecule has 0 unspecified atom stereocenters. The summed E-state index contributed by atoms with van der Waals surface area (Å²) in [7, 11) is 0. The van der Waals surface area contributed by atoms with Gasteiger partial charge >= 0.3 is 0 Å². The molecule has 0 N–H and O–H groups in total. The summed E-state index contributed by atoms with van der Waals surface area (Å²) in [5.41, 5.74) is 0.602. The fraction of sp³-hybridized carbons (Fsp3) is 0.438. The third kappa shape index (κ3) is 4.56. The van der Waals surface area contributed by atoms with Crippen molar-refractivity contribution in [3.63, 3.8) is 0 Å². The van der Waals surface area contributed by atoms with Crippen molar-refractivity contribution in [1.29, 1.82) is 0 Å². The topological polar surface area (TPSA) is 102 Å². The van der Waals surface area contributed by atoms with Gasteiger partial charge in [-0.2, -0.15) is 0 Å². The van der Waals surface area contributed by atoms with Crippen LogP contribution in [0.15, 0.2) is 33.9 Å². The SMILES string of the molecule is O=C(CSc1nnc(-c2ccc([N+](=O)[O-])cc2)o1)N1CCCCCC1. The number of likely N-dealkylation sites (tertiary alicyclic amines) is 1. The Morgan fingerprint density at radius 3 is 2.48 bits per heavy atom. The van der Waals surface area contributed by atoms with E-state index < -0.39 is 4.92 Å². The first kappa shape index (κ1) is 17.4. The first-order valence-corrected chi connectivity index (χ1v) is 9.11. The Labute approximate surface area is 148 Å². The van der Waals surface area contributed by atoms with Crippen molar-refractivity contribution in [3.05, 3.63) is 34.4 Å². The summed E-state index contributed by atoms with van der Waals surface area (Å²) in [4.78, 5) is 24.4. The van der Waals surface area contributed by atoms with Gasteiger partial charge in [-0.1, -0.05) is 24.6 Å². The maximum absolute atomic E-state index is 12.3. The molecule has 0 radical (unpaired) electrons. The second kappa shape index (κ2) is 8.11. The zero-order valence-corrected chi connectivity index (χ0v) is 14.4. The van der Waals surface area contributed by atoms with E-state index in [4.69, 9.17) is 4.42 Å². The van der Waals surface area contributed by atoms with Crippen LogP contribution in [0.4, 0.5) is 5.69 Å². The number of hydrogen-bond donors (Lipinski definition) is 0. The first-order chi connectivity index (χ1) is 12.1. The van der Waals surface area contributed by atoms with E-state index in [1.54, 1.807) is 12.1 Å². The number of non-ortho nitro benzene ring substituents is 1. The Morgan fingerprint density at radius 1 is 1.16 bits per heavy atom. The summed E-state index contributed by atoms with van der Waals surface area (Å²) in [6.45, 7) is 1.63. The lowest BCUT2D eigenvalue weighted by Crippen LogP contribution is -2.33. The van der Waals surface area contributed by atoms with Crippen molar-refractivity contribution in [2.45, 2.75) is 30.9 Å². The smallest absolute Gasteiger partial charge is 0.277 e. The molecule has 0 saturated carbocycles. The minimum atomic E-state index is -0.465. The number of thioether (sulfide) groups is 1. The van der Waals surface area contributed by atoms with Crippen LogP contribution in [0.3, 0.4) is 0 Å². The molecule has 3 rings (SSSR count). The zero-order chi connectivity index (χ0) is 17.6. The number of rotatable bonds is 5. The van der Waals surface area contributed by atoms with Crippen LogP contribution < -0.4 is 0 Å². The van der Waals surface area contributed by atoms with Gasteiger partial charge in [0.15, 0.2) is 0 Å². The van der Waals surface area contributed by atoms with Gasteiger partial charge in [-0.25, -0.2) is 0 Å². The standard InChI is InChI=1S/C16H18N4O4S/c21-14(19-9-3-1-2-4-10-19)11-25-16-18-17-15(24-16)12-5-7-13(8-6-12)20(22)23/h5-8H,1-4,9-11H2. The van der Waals surface area contributed by atoms with Crippen LogP contribution in [-0.4, -0.2) is 44.8 Å². The quantitative estimate of drug-likeness (QED) is 0.457. The van der Waals surface area contributed by atoms with E-state index in [9.17, 15) is 14.9 Å². The molecule has 0 bridgehead atoms.